The van der Waals surface area contributed by atoms with Crippen molar-refractivity contribution in [3.63, 3.8) is 0 Å². The van der Waals surface area contributed by atoms with E-state index in [9.17, 15) is 4.79 Å². The van der Waals surface area contributed by atoms with Crippen LogP contribution in [-0.4, -0.2) is 59.5 Å². The van der Waals surface area contributed by atoms with Crippen LogP contribution >= 0.6 is 0 Å². The largest absolute Gasteiger partial charge is 0.382 e. The van der Waals surface area contributed by atoms with Gasteiger partial charge in [-0.3, -0.25) is 9.89 Å². The minimum Gasteiger partial charge on any atom is -0.382 e. The van der Waals surface area contributed by atoms with Gasteiger partial charge >= 0.3 is 0 Å². The molecule has 0 saturated carbocycles. The third-order valence-corrected chi connectivity index (χ3v) is 3.86. The van der Waals surface area contributed by atoms with E-state index in [1.54, 1.807) is 7.11 Å². The molecule has 0 aromatic carbocycles. The van der Waals surface area contributed by atoms with Crippen LogP contribution in [0, 0.1) is 6.92 Å². The molecule has 6 nitrogen and oxygen atoms in total. The predicted octanol–water partition coefficient (Wildman–Crippen LogP) is 2.11. The van der Waals surface area contributed by atoms with Crippen LogP contribution in [0.5, 0.6) is 0 Å². The van der Waals surface area contributed by atoms with Gasteiger partial charge in [-0.25, -0.2) is 0 Å². The third-order valence-electron chi connectivity index (χ3n) is 3.86. The highest BCUT2D eigenvalue weighted by atomic mass is 16.5. The number of aromatic nitrogens is 2. The van der Waals surface area contributed by atoms with Crippen molar-refractivity contribution in [3.05, 3.63) is 17.0 Å². The molecule has 124 valence electrons. The van der Waals surface area contributed by atoms with Gasteiger partial charge in [-0.1, -0.05) is 13.8 Å². The molecule has 0 spiro atoms. The van der Waals surface area contributed by atoms with Crippen LogP contribution in [0.1, 0.15) is 55.4 Å². The number of H-pyrrole nitrogens is 1. The standard InChI is InChI=1S/C16H27N3O3/c1-10(2)14-13(11(3)17-18-14)15(20)19-7-12(8-21-6)22-16(4,5)9-19/h10,12H,7-9H2,1-6H3,(H,17,18). The summed E-state index contributed by atoms with van der Waals surface area (Å²) >= 11 is 0. The molecule has 1 aromatic heterocycles. The topological polar surface area (TPSA) is 67.5 Å². The van der Waals surface area contributed by atoms with Crippen molar-refractivity contribution in [2.45, 2.75) is 52.2 Å². The molecule has 1 atom stereocenters. The van der Waals surface area contributed by atoms with E-state index >= 15 is 0 Å². The Kier molecular flexibility index (Phi) is 4.92. The third kappa shape index (κ3) is 3.50. The number of methoxy groups -OCH3 is 1. The second-order valence-electron chi connectivity index (χ2n) is 6.90. The molecule has 2 heterocycles. The Morgan fingerprint density at radius 1 is 1.55 bits per heavy atom. The Morgan fingerprint density at radius 2 is 2.23 bits per heavy atom. The highest BCUT2D eigenvalue weighted by Crippen LogP contribution is 2.26. The highest BCUT2D eigenvalue weighted by molar-refractivity contribution is 5.96. The fraction of sp³-hybridized carbons (Fsp3) is 0.750. The fourth-order valence-electron chi connectivity index (χ4n) is 3.02. The van der Waals surface area contributed by atoms with Gasteiger partial charge in [-0.15, -0.1) is 0 Å². The number of amides is 1. The summed E-state index contributed by atoms with van der Waals surface area (Å²) in [7, 11) is 1.65. The van der Waals surface area contributed by atoms with Crippen LogP contribution in [0.25, 0.3) is 0 Å². The predicted molar refractivity (Wildman–Crippen MR) is 84.1 cm³/mol. The molecule has 1 N–H and O–H groups in total. The van der Waals surface area contributed by atoms with Crippen molar-refractivity contribution in [2.75, 3.05) is 26.8 Å². The van der Waals surface area contributed by atoms with Gasteiger partial charge < -0.3 is 14.4 Å². The molecule has 0 bridgehead atoms. The summed E-state index contributed by atoms with van der Waals surface area (Å²) in [6.45, 7) is 11.6. The number of ether oxygens (including phenoxy) is 2. The quantitative estimate of drug-likeness (QED) is 0.925. The maximum absolute atomic E-state index is 13.0. The number of nitrogens with zero attached hydrogens (tertiary/aromatic N) is 2. The lowest BCUT2D eigenvalue weighted by molar-refractivity contribution is -0.143. The SMILES string of the molecule is COCC1CN(C(=O)c2c(C(C)C)n[nH]c2C)CC(C)(C)O1. The maximum Gasteiger partial charge on any atom is 0.257 e. The molecule has 1 aliphatic rings. The smallest absolute Gasteiger partial charge is 0.257 e. The molecule has 1 amide bonds. The van der Waals surface area contributed by atoms with Crippen LogP contribution in [0.4, 0.5) is 0 Å². The fourth-order valence-corrected chi connectivity index (χ4v) is 3.02. The van der Waals surface area contributed by atoms with Crippen molar-refractivity contribution in [1.29, 1.82) is 0 Å². The monoisotopic (exact) mass is 309 g/mol. The first-order valence-corrected chi connectivity index (χ1v) is 7.76. The Balaban J connectivity index is 2.26. The summed E-state index contributed by atoms with van der Waals surface area (Å²) < 4.78 is 11.2. The number of aromatic amines is 1. The molecule has 1 fully saturated rings. The summed E-state index contributed by atoms with van der Waals surface area (Å²) in [5.74, 6) is 0.222. The second-order valence-corrected chi connectivity index (χ2v) is 6.90. The molecular formula is C16H27N3O3. The number of morpholine rings is 1. The summed E-state index contributed by atoms with van der Waals surface area (Å²) in [4.78, 5) is 14.9. The normalized spacial score (nSPS) is 21.4. The minimum absolute atomic E-state index is 0.0208. The van der Waals surface area contributed by atoms with Crippen LogP contribution in [-0.2, 0) is 9.47 Å². The lowest BCUT2D eigenvalue weighted by Crippen LogP contribution is -2.55. The van der Waals surface area contributed by atoms with E-state index < -0.39 is 0 Å². The average Bonchev–Trinajstić information content (AvgIpc) is 2.78. The lowest BCUT2D eigenvalue weighted by Gasteiger charge is -2.42. The number of hydrogen-bond donors (Lipinski definition) is 1. The van der Waals surface area contributed by atoms with Crippen molar-refractivity contribution in [3.8, 4) is 0 Å². The van der Waals surface area contributed by atoms with Crippen LogP contribution < -0.4 is 0 Å². The Morgan fingerprint density at radius 3 is 2.82 bits per heavy atom. The van der Waals surface area contributed by atoms with E-state index in [0.29, 0.717) is 25.3 Å². The van der Waals surface area contributed by atoms with E-state index in [2.05, 4.69) is 10.2 Å². The number of carbonyl (C=O) groups excluding carboxylic acids is 1. The summed E-state index contributed by atoms with van der Waals surface area (Å²) in [6.07, 6.45) is -0.104. The van der Waals surface area contributed by atoms with Crippen LogP contribution in [0.3, 0.4) is 0 Å². The van der Waals surface area contributed by atoms with Gasteiger partial charge in [0.15, 0.2) is 0 Å². The molecule has 0 aliphatic carbocycles. The highest BCUT2D eigenvalue weighted by Gasteiger charge is 2.37. The zero-order chi connectivity index (χ0) is 16.5. The molecule has 1 saturated heterocycles. The van der Waals surface area contributed by atoms with Gasteiger partial charge in [0.25, 0.3) is 5.91 Å². The van der Waals surface area contributed by atoms with Gasteiger partial charge in [0.1, 0.15) is 0 Å². The second kappa shape index (κ2) is 6.38. The zero-order valence-electron chi connectivity index (χ0n) is 14.4. The van der Waals surface area contributed by atoms with Gasteiger partial charge in [0, 0.05) is 25.9 Å². The van der Waals surface area contributed by atoms with E-state index in [1.807, 2.05) is 39.5 Å². The van der Waals surface area contributed by atoms with E-state index in [1.165, 1.54) is 0 Å². The first kappa shape index (κ1) is 17.0. The number of carbonyl (C=O) groups is 1. The maximum atomic E-state index is 13.0. The first-order valence-electron chi connectivity index (χ1n) is 7.76. The minimum atomic E-state index is -0.382. The molecule has 1 aliphatic heterocycles. The number of aryl methyl sites for hydroxylation is 1. The molecule has 6 heteroatoms. The van der Waals surface area contributed by atoms with Gasteiger partial charge in [-0.2, -0.15) is 5.10 Å². The number of hydrogen-bond acceptors (Lipinski definition) is 4. The summed E-state index contributed by atoms with van der Waals surface area (Å²) in [6, 6.07) is 0. The number of nitrogens with one attached hydrogen (secondary N) is 1. The molecule has 1 unspecified atom stereocenters. The lowest BCUT2D eigenvalue weighted by atomic mass is 10.0. The number of rotatable bonds is 4. The van der Waals surface area contributed by atoms with Gasteiger partial charge in [0.05, 0.1) is 29.6 Å². The van der Waals surface area contributed by atoms with Gasteiger partial charge in [-0.05, 0) is 26.7 Å². The molecular weight excluding hydrogens is 282 g/mol. The summed E-state index contributed by atoms with van der Waals surface area (Å²) in [5.41, 5.74) is 1.97. The van der Waals surface area contributed by atoms with Crippen molar-refractivity contribution in [1.82, 2.24) is 15.1 Å². The van der Waals surface area contributed by atoms with E-state index in [0.717, 1.165) is 11.4 Å². The summed E-state index contributed by atoms with van der Waals surface area (Å²) in [5, 5.41) is 7.24. The van der Waals surface area contributed by atoms with Crippen molar-refractivity contribution < 1.29 is 14.3 Å². The Hall–Kier alpha value is -1.40. The van der Waals surface area contributed by atoms with Crippen molar-refractivity contribution in [2.24, 2.45) is 0 Å². The molecule has 2 rings (SSSR count). The van der Waals surface area contributed by atoms with Crippen LogP contribution in [0.15, 0.2) is 0 Å². The van der Waals surface area contributed by atoms with E-state index in [-0.39, 0.29) is 23.5 Å². The Labute approximate surface area is 132 Å². The first-order chi connectivity index (χ1) is 10.2. The zero-order valence-corrected chi connectivity index (χ0v) is 14.4. The van der Waals surface area contributed by atoms with Crippen molar-refractivity contribution >= 4 is 5.91 Å². The molecule has 22 heavy (non-hydrogen) atoms. The van der Waals surface area contributed by atoms with E-state index in [4.69, 9.17) is 9.47 Å². The van der Waals surface area contributed by atoms with Gasteiger partial charge in [0.2, 0.25) is 0 Å². The average molecular weight is 309 g/mol. The Bertz CT molecular complexity index is 537. The van der Waals surface area contributed by atoms with Crippen LogP contribution in [0.2, 0.25) is 0 Å². The molecule has 1 aromatic rings. The molecule has 0 radical (unpaired) electrons.